The molecule has 1 amide bonds. The van der Waals surface area contributed by atoms with Gasteiger partial charge in [0.1, 0.15) is 5.52 Å². The van der Waals surface area contributed by atoms with Crippen LogP contribution < -0.4 is 5.32 Å². The number of amides is 1. The predicted molar refractivity (Wildman–Crippen MR) is 103 cm³/mol. The molecule has 0 unspecified atom stereocenters. The number of oxazole rings is 1. The Morgan fingerprint density at radius 3 is 2.96 bits per heavy atom. The molecule has 1 aromatic heterocycles. The van der Waals surface area contributed by atoms with Gasteiger partial charge in [0.2, 0.25) is 0 Å². The van der Waals surface area contributed by atoms with Crippen LogP contribution in [-0.2, 0) is 0 Å². The number of carbonyl (C=O) groups is 1. The third-order valence-electron chi connectivity index (χ3n) is 4.59. The molecule has 2 aromatic carbocycles. The molecule has 0 aliphatic carbocycles. The highest BCUT2D eigenvalue weighted by atomic mass is 35.5. The maximum atomic E-state index is 12.8. The van der Waals surface area contributed by atoms with Gasteiger partial charge >= 0.3 is 0 Å². The van der Waals surface area contributed by atoms with E-state index in [0.717, 1.165) is 17.5 Å². The Bertz CT molecular complexity index is 966. The molecule has 0 bridgehead atoms. The van der Waals surface area contributed by atoms with Gasteiger partial charge in [-0.2, -0.15) is 4.98 Å². The van der Waals surface area contributed by atoms with Gasteiger partial charge < -0.3 is 14.6 Å². The zero-order valence-corrected chi connectivity index (χ0v) is 15.6. The number of rotatable bonds is 3. The highest BCUT2D eigenvalue weighted by Gasteiger charge is 2.29. The molecule has 1 aliphatic heterocycles. The lowest BCUT2D eigenvalue weighted by Crippen LogP contribution is -2.32. The average Bonchev–Trinajstić information content (AvgIpc) is 3.21. The van der Waals surface area contributed by atoms with Crippen molar-refractivity contribution in [1.82, 2.24) is 9.88 Å². The first-order valence-corrected chi connectivity index (χ1v) is 9.14. The molecule has 1 fully saturated rings. The first-order chi connectivity index (χ1) is 12.5. The van der Waals surface area contributed by atoms with Gasteiger partial charge in [0.25, 0.3) is 11.9 Å². The maximum Gasteiger partial charge on any atom is 0.295 e. The molecule has 7 heteroatoms. The largest absolute Gasteiger partial charge is 0.423 e. The van der Waals surface area contributed by atoms with E-state index in [1.807, 2.05) is 30.0 Å². The normalized spacial score (nSPS) is 17.0. The van der Waals surface area contributed by atoms with Gasteiger partial charge in [-0.15, -0.1) is 0 Å². The molecule has 5 nitrogen and oxygen atoms in total. The second-order valence-electron chi connectivity index (χ2n) is 6.44. The molecule has 0 spiro atoms. The van der Waals surface area contributed by atoms with Crippen molar-refractivity contribution in [2.45, 2.75) is 19.4 Å². The van der Waals surface area contributed by atoms with Crippen molar-refractivity contribution in [3.8, 4) is 0 Å². The van der Waals surface area contributed by atoms with Gasteiger partial charge in [0, 0.05) is 30.2 Å². The van der Waals surface area contributed by atoms with Crippen LogP contribution in [-0.4, -0.2) is 34.9 Å². The first-order valence-electron chi connectivity index (χ1n) is 8.38. The smallest absolute Gasteiger partial charge is 0.295 e. The molecule has 0 radical (unpaired) electrons. The summed E-state index contributed by atoms with van der Waals surface area (Å²) in [7, 11) is 0. The van der Waals surface area contributed by atoms with E-state index in [1.165, 1.54) is 0 Å². The third-order valence-corrected chi connectivity index (χ3v) is 5.14. The van der Waals surface area contributed by atoms with Gasteiger partial charge in [0.05, 0.1) is 10.6 Å². The number of likely N-dealkylation sites (tertiary alicyclic amines) is 1. The van der Waals surface area contributed by atoms with Gasteiger partial charge in [-0.25, -0.2) is 0 Å². The molecule has 0 saturated carbocycles. The molecule has 26 heavy (non-hydrogen) atoms. The summed E-state index contributed by atoms with van der Waals surface area (Å²) < 4.78 is 5.70. The van der Waals surface area contributed by atoms with Gasteiger partial charge in [-0.05, 0) is 37.1 Å². The number of nitrogens with zero attached hydrogens (tertiary/aromatic N) is 2. The van der Waals surface area contributed by atoms with Crippen LogP contribution >= 0.6 is 23.2 Å². The van der Waals surface area contributed by atoms with E-state index in [2.05, 4.69) is 10.3 Å². The molecule has 1 saturated heterocycles. The fourth-order valence-corrected chi connectivity index (χ4v) is 3.72. The molecule has 3 aromatic rings. The predicted octanol–water partition coefficient (Wildman–Crippen LogP) is 4.77. The van der Waals surface area contributed by atoms with Crippen molar-refractivity contribution < 1.29 is 9.21 Å². The third kappa shape index (κ3) is 3.24. The van der Waals surface area contributed by atoms with Crippen LogP contribution in [0.15, 0.2) is 40.8 Å². The summed E-state index contributed by atoms with van der Waals surface area (Å²) >= 11 is 12.2. The number of benzene rings is 2. The molecular formula is C19H17Cl2N3O2. The van der Waals surface area contributed by atoms with Crippen molar-refractivity contribution >= 4 is 46.2 Å². The lowest BCUT2D eigenvalue weighted by molar-refractivity contribution is 0.0791. The minimum atomic E-state index is -0.0400. The van der Waals surface area contributed by atoms with Crippen LogP contribution in [0.5, 0.6) is 0 Å². The van der Waals surface area contributed by atoms with E-state index >= 15 is 0 Å². The number of aromatic nitrogens is 1. The zero-order chi connectivity index (χ0) is 18.3. The summed E-state index contributed by atoms with van der Waals surface area (Å²) in [5.41, 5.74) is 2.84. The second-order valence-corrected chi connectivity index (χ2v) is 7.29. The second kappa shape index (κ2) is 6.82. The number of hydrogen-bond donors (Lipinski definition) is 1. The fraction of sp³-hybridized carbons (Fsp3) is 0.263. The van der Waals surface area contributed by atoms with Gasteiger partial charge in [0.15, 0.2) is 5.58 Å². The van der Waals surface area contributed by atoms with Crippen LogP contribution in [0.25, 0.3) is 11.1 Å². The van der Waals surface area contributed by atoms with Gasteiger partial charge in [-0.1, -0.05) is 35.3 Å². The molecular weight excluding hydrogens is 373 g/mol. The summed E-state index contributed by atoms with van der Waals surface area (Å²) in [4.78, 5) is 19.0. The van der Waals surface area contributed by atoms with Crippen molar-refractivity contribution in [3.63, 3.8) is 0 Å². The minimum absolute atomic E-state index is 0.0400. The standard InChI is InChI=1S/C19H17Cl2N3O2/c1-11-3-2-4-14(21)17(11)18(25)24-8-7-13(10-24)22-19-23-15-6-5-12(20)9-16(15)26-19/h2-6,9,13H,7-8,10H2,1H3,(H,22,23)/t13-/m1/s1. The van der Waals surface area contributed by atoms with E-state index in [1.54, 1.807) is 18.2 Å². The monoisotopic (exact) mass is 389 g/mol. The quantitative estimate of drug-likeness (QED) is 0.700. The highest BCUT2D eigenvalue weighted by Crippen LogP contribution is 2.26. The maximum absolute atomic E-state index is 12.8. The first kappa shape index (κ1) is 17.2. The molecule has 4 rings (SSSR count). The molecule has 2 heterocycles. The van der Waals surface area contributed by atoms with E-state index < -0.39 is 0 Å². The lowest BCUT2D eigenvalue weighted by Gasteiger charge is -2.18. The number of carbonyl (C=O) groups excluding carboxylic acids is 1. The van der Waals surface area contributed by atoms with E-state index in [-0.39, 0.29) is 11.9 Å². The summed E-state index contributed by atoms with van der Waals surface area (Å²) in [5.74, 6) is -0.0400. The van der Waals surface area contributed by atoms with E-state index in [0.29, 0.717) is 40.3 Å². The number of hydrogen-bond acceptors (Lipinski definition) is 4. The van der Waals surface area contributed by atoms with Crippen LogP contribution in [0.3, 0.4) is 0 Å². The Labute approximate surface area is 160 Å². The van der Waals surface area contributed by atoms with Crippen LogP contribution in [0, 0.1) is 6.92 Å². The Hall–Kier alpha value is -2.24. The van der Waals surface area contributed by atoms with Gasteiger partial charge in [-0.3, -0.25) is 4.79 Å². The Kier molecular flexibility index (Phi) is 4.51. The SMILES string of the molecule is Cc1cccc(Cl)c1C(=O)N1CC[C@@H](Nc2nc3ccc(Cl)cc3o2)C1. The topological polar surface area (TPSA) is 58.4 Å². The summed E-state index contributed by atoms with van der Waals surface area (Å²) in [6, 6.07) is 11.3. The van der Waals surface area contributed by atoms with E-state index in [4.69, 9.17) is 27.6 Å². The minimum Gasteiger partial charge on any atom is -0.423 e. The summed E-state index contributed by atoms with van der Waals surface area (Å²) in [6.07, 6.45) is 0.814. The zero-order valence-electron chi connectivity index (χ0n) is 14.1. The lowest BCUT2D eigenvalue weighted by atomic mass is 10.1. The Balaban J connectivity index is 1.47. The Morgan fingerprint density at radius 2 is 2.15 bits per heavy atom. The molecule has 1 N–H and O–H groups in total. The van der Waals surface area contributed by atoms with Crippen LogP contribution in [0.1, 0.15) is 22.3 Å². The van der Waals surface area contributed by atoms with Crippen molar-refractivity contribution in [2.24, 2.45) is 0 Å². The van der Waals surface area contributed by atoms with Crippen LogP contribution in [0.4, 0.5) is 6.01 Å². The molecule has 1 atom stereocenters. The number of aryl methyl sites for hydroxylation is 1. The average molecular weight is 390 g/mol. The Morgan fingerprint density at radius 1 is 1.31 bits per heavy atom. The number of anilines is 1. The highest BCUT2D eigenvalue weighted by molar-refractivity contribution is 6.34. The summed E-state index contributed by atoms with van der Waals surface area (Å²) in [5, 5.41) is 4.36. The van der Waals surface area contributed by atoms with Crippen molar-refractivity contribution in [3.05, 3.63) is 57.6 Å². The number of fused-ring (bicyclic) bond motifs is 1. The van der Waals surface area contributed by atoms with Crippen molar-refractivity contribution in [1.29, 1.82) is 0 Å². The molecule has 134 valence electrons. The fourth-order valence-electron chi connectivity index (χ4n) is 3.26. The summed E-state index contributed by atoms with van der Waals surface area (Å²) in [6.45, 7) is 3.13. The van der Waals surface area contributed by atoms with E-state index in [9.17, 15) is 4.79 Å². The van der Waals surface area contributed by atoms with Crippen molar-refractivity contribution in [2.75, 3.05) is 18.4 Å². The molecule has 1 aliphatic rings. The number of halogens is 2. The van der Waals surface area contributed by atoms with Crippen LogP contribution in [0.2, 0.25) is 10.0 Å². The number of nitrogens with one attached hydrogen (secondary N) is 1.